The molecule has 0 unspecified atom stereocenters. The van der Waals surface area contributed by atoms with Crippen LogP contribution in [0.4, 0.5) is 4.79 Å². The largest absolute Gasteiger partial charge is 0.493 e. The first-order chi connectivity index (χ1) is 9.20. The number of halogens is 2. The van der Waals surface area contributed by atoms with Crippen molar-refractivity contribution in [1.82, 2.24) is 4.90 Å². The van der Waals surface area contributed by atoms with Gasteiger partial charge in [-0.05, 0) is 45.4 Å². The van der Waals surface area contributed by atoms with E-state index in [9.17, 15) is 9.90 Å². The van der Waals surface area contributed by atoms with E-state index in [1.807, 2.05) is 39.0 Å². The summed E-state index contributed by atoms with van der Waals surface area (Å²) in [6.07, 6.45) is -0.254. The summed E-state index contributed by atoms with van der Waals surface area (Å²) in [5.41, 5.74) is -0.398. The minimum absolute atomic E-state index is 0.398. The Kier molecular flexibility index (Phi) is 6.33. The molecule has 0 aromatic heterocycles. The van der Waals surface area contributed by atoms with Gasteiger partial charge in [-0.1, -0.05) is 31.9 Å². The Morgan fingerprint density at radius 3 is 2.25 bits per heavy atom. The van der Waals surface area contributed by atoms with Gasteiger partial charge in [-0.2, -0.15) is 0 Å². The average molecular weight is 409 g/mol. The van der Waals surface area contributed by atoms with Crippen LogP contribution in [0, 0.1) is 0 Å². The van der Waals surface area contributed by atoms with Gasteiger partial charge in [-0.25, -0.2) is 4.79 Å². The fourth-order valence-electron chi connectivity index (χ4n) is 1.74. The molecule has 1 amide bonds. The molecule has 0 aliphatic heterocycles. The number of rotatable bonds is 5. The van der Waals surface area contributed by atoms with Crippen LogP contribution >= 0.6 is 31.9 Å². The summed E-state index contributed by atoms with van der Waals surface area (Å²) in [6, 6.07) is 5.69. The minimum Gasteiger partial charge on any atom is -0.493 e. The topological polar surface area (TPSA) is 49.8 Å². The van der Waals surface area contributed by atoms with Crippen molar-refractivity contribution in [2.75, 3.05) is 13.2 Å². The van der Waals surface area contributed by atoms with Crippen LogP contribution in [-0.4, -0.2) is 34.8 Å². The zero-order chi connectivity index (χ0) is 15.3. The molecule has 4 nitrogen and oxygen atoms in total. The number of amides is 1. The molecular formula is C14H19Br2NO3. The third-order valence-electron chi connectivity index (χ3n) is 2.67. The van der Waals surface area contributed by atoms with Gasteiger partial charge in [-0.15, -0.1) is 0 Å². The summed E-state index contributed by atoms with van der Waals surface area (Å²) in [5.74, 6) is 0.754. The fourth-order valence-corrected chi connectivity index (χ4v) is 2.99. The maximum Gasteiger partial charge on any atom is 0.407 e. The molecule has 0 aliphatic carbocycles. The molecule has 0 fully saturated rings. The average Bonchev–Trinajstić information content (AvgIpc) is 2.24. The first-order valence-corrected chi connectivity index (χ1v) is 7.88. The second-order valence-electron chi connectivity index (χ2n) is 5.41. The Labute approximate surface area is 136 Å². The highest BCUT2D eigenvalue weighted by atomic mass is 79.9. The lowest BCUT2D eigenvalue weighted by Crippen LogP contribution is -2.45. The number of nitrogens with zero attached hydrogens (tertiary/aromatic N) is 1. The van der Waals surface area contributed by atoms with Gasteiger partial charge in [0.05, 0.1) is 6.61 Å². The summed E-state index contributed by atoms with van der Waals surface area (Å²) in [7, 11) is 0. The van der Waals surface area contributed by atoms with Crippen molar-refractivity contribution in [3.05, 3.63) is 27.1 Å². The fraction of sp³-hybridized carbons (Fsp3) is 0.500. The number of benzene rings is 1. The van der Waals surface area contributed by atoms with Crippen LogP contribution in [0.2, 0.25) is 0 Å². The van der Waals surface area contributed by atoms with Gasteiger partial charge < -0.3 is 14.7 Å². The van der Waals surface area contributed by atoms with Crippen LogP contribution < -0.4 is 4.74 Å². The van der Waals surface area contributed by atoms with Crippen molar-refractivity contribution in [2.24, 2.45) is 0 Å². The predicted octanol–water partition coefficient (Wildman–Crippen LogP) is 4.76. The molecule has 0 bridgehead atoms. The molecule has 0 heterocycles. The SMILES string of the molecule is CC(C)(C)N(CCCOc1cc(Br)cc(Br)c1)C(=O)O. The summed E-state index contributed by atoms with van der Waals surface area (Å²) < 4.78 is 7.50. The Morgan fingerprint density at radius 1 is 1.25 bits per heavy atom. The number of carbonyl (C=O) groups is 1. The van der Waals surface area contributed by atoms with Crippen LogP contribution in [0.15, 0.2) is 27.1 Å². The van der Waals surface area contributed by atoms with Crippen molar-refractivity contribution in [2.45, 2.75) is 32.7 Å². The van der Waals surface area contributed by atoms with E-state index in [-0.39, 0.29) is 0 Å². The van der Waals surface area contributed by atoms with E-state index in [0.29, 0.717) is 19.6 Å². The smallest absolute Gasteiger partial charge is 0.407 e. The van der Waals surface area contributed by atoms with Crippen LogP contribution in [0.3, 0.4) is 0 Å². The second-order valence-corrected chi connectivity index (χ2v) is 7.24. The van der Waals surface area contributed by atoms with Gasteiger partial charge >= 0.3 is 6.09 Å². The molecule has 0 atom stereocenters. The third kappa shape index (κ3) is 5.71. The van der Waals surface area contributed by atoms with Gasteiger partial charge in [0.2, 0.25) is 0 Å². The maximum atomic E-state index is 11.2. The quantitative estimate of drug-likeness (QED) is 0.714. The lowest BCUT2D eigenvalue weighted by molar-refractivity contribution is 0.0962. The van der Waals surface area contributed by atoms with Gasteiger partial charge in [0.1, 0.15) is 5.75 Å². The number of carboxylic acid groups (broad SMARTS) is 1. The molecule has 1 rings (SSSR count). The predicted molar refractivity (Wildman–Crippen MR) is 86.4 cm³/mol. The van der Waals surface area contributed by atoms with Crippen LogP contribution in [0.25, 0.3) is 0 Å². The second kappa shape index (κ2) is 7.31. The van der Waals surface area contributed by atoms with E-state index >= 15 is 0 Å². The lowest BCUT2D eigenvalue weighted by atomic mass is 10.1. The van der Waals surface area contributed by atoms with Crippen molar-refractivity contribution in [3.8, 4) is 5.75 Å². The van der Waals surface area contributed by atoms with E-state index < -0.39 is 11.6 Å². The zero-order valence-corrected chi connectivity index (χ0v) is 15.0. The van der Waals surface area contributed by atoms with Crippen molar-refractivity contribution in [3.63, 3.8) is 0 Å². The van der Waals surface area contributed by atoms with Crippen LogP contribution in [-0.2, 0) is 0 Å². The molecule has 0 aliphatic rings. The first-order valence-electron chi connectivity index (χ1n) is 6.29. The minimum atomic E-state index is -0.900. The zero-order valence-electron chi connectivity index (χ0n) is 11.8. The normalized spacial score (nSPS) is 11.2. The highest BCUT2D eigenvalue weighted by molar-refractivity contribution is 9.11. The molecule has 112 valence electrons. The molecule has 20 heavy (non-hydrogen) atoms. The molecule has 1 aromatic rings. The first kappa shape index (κ1) is 17.3. The van der Waals surface area contributed by atoms with E-state index in [1.54, 1.807) is 0 Å². The van der Waals surface area contributed by atoms with E-state index in [2.05, 4.69) is 31.9 Å². The monoisotopic (exact) mass is 407 g/mol. The van der Waals surface area contributed by atoms with Gasteiger partial charge in [0.25, 0.3) is 0 Å². The molecule has 0 saturated carbocycles. The highest BCUT2D eigenvalue weighted by Crippen LogP contribution is 2.25. The molecule has 0 spiro atoms. The molecule has 0 saturated heterocycles. The summed E-state index contributed by atoms with van der Waals surface area (Å²) in [6.45, 7) is 6.57. The molecule has 0 radical (unpaired) electrons. The van der Waals surface area contributed by atoms with Crippen LogP contribution in [0.5, 0.6) is 5.75 Å². The van der Waals surface area contributed by atoms with Gasteiger partial charge in [0.15, 0.2) is 0 Å². The lowest BCUT2D eigenvalue weighted by Gasteiger charge is -2.33. The maximum absolute atomic E-state index is 11.2. The van der Waals surface area contributed by atoms with Crippen LogP contribution in [0.1, 0.15) is 27.2 Å². The molecule has 1 N–H and O–H groups in total. The van der Waals surface area contributed by atoms with Crippen molar-refractivity contribution >= 4 is 38.0 Å². The van der Waals surface area contributed by atoms with Crippen molar-refractivity contribution in [1.29, 1.82) is 0 Å². The summed E-state index contributed by atoms with van der Waals surface area (Å²) in [5, 5.41) is 9.17. The number of hydrogen-bond donors (Lipinski definition) is 1. The Morgan fingerprint density at radius 2 is 1.80 bits per heavy atom. The summed E-state index contributed by atoms with van der Waals surface area (Å²) >= 11 is 6.79. The van der Waals surface area contributed by atoms with E-state index in [1.165, 1.54) is 4.90 Å². The van der Waals surface area contributed by atoms with Crippen molar-refractivity contribution < 1.29 is 14.6 Å². The molecule has 1 aromatic carbocycles. The van der Waals surface area contributed by atoms with E-state index in [4.69, 9.17) is 4.74 Å². The molecular weight excluding hydrogens is 390 g/mol. The highest BCUT2D eigenvalue weighted by Gasteiger charge is 2.25. The number of ether oxygens (including phenoxy) is 1. The standard InChI is InChI=1S/C14H19Br2NO3/c1-14(2,3)17(13(18)19)5-4-6-20-12-8-10(15)7-11(16)9-12/h7-9H,4-6H2,1-3H3,(H,18,19). The Balaban J connectivity index is 2.46. The van der Waals surface area contributed by atoms with Gasteiger partial charge in [0, 0.05) is 21.0 Å². The number of hydrogen-bond acceptors (Lipinski definition) is 2. The molecule has 6 heteroatoms. The Bertz CT molecular complexity index is 452. The Hall–Kier alpha value is -0.750. The van der Waals surface area contributed by atoms with E-state index in [0.717, 1.165) is 14.7 Å². The summed E-state index contributed by atoms with van der Waals surface area (Å²) in [4.78, 5) is 12.6. The van der Waals surface area contributed by atoms with Gasteiger partial charge in [-0.3, -0.25) is 0 Å². The third-order valence-corrected chi connectivity index (χ3v) is 3.59.